The summed E-state index contributed by atoms with van der Waals surface area (Å²) in [6.07, 6.45) is 0.612. The van der Waals surface area contributed by atoms with Crippen LogP contribution < -0.4 is 10.9 Å². The number of likely N-dealkylation sites (N-methyl/N-ethyl adjacent to an activating group) is 1. The zero-order chi connectivity index (χ0) is 17.9. The third-order valence-electron chi connectivity index (χ3n) is 3.72. The van der Waals surface area contributed by atoms with Gasteiger partial charge in [0.05, 0.1) is 4.90 Å². The van der Waals surface area contributed by atoms with E-state index in [-0.39, 0.29) is 4.90 Å². The Morgan fingerprint density at radius 3 is 2.38 bits per heavy atom. The predicted molar refractivity (Wildman–Crippen MR) is 94.0 cm³/mol. The minimum atomic E-state index is -3.80. The highest BCUT2D eigenvalue weighted by atomic mass is 32.2. The standard InChI is InChI=1S/C17H21N3O3S/c1-20(2)10-9-15-14(7-4-8-16(15)17(18)21)12-5-3-6-13(11-12)24(19,22)23/h3-8,11H,9-10H2,1-2H3,(H2,18,21)(H2,19,22,23). The lowest BCUT2D eigenvalue weighted by Crippen LogP contribution is -2.19. The van der Waals surface area contributed by atoms with Gasteiger partial charge in [-0.1, -0.05) is 24.3 Å². The second-order valence-electron chi connectivity index (χ2n) is 5.82. The number of primary amides is 1. The molecular formula is C17H21N3O3S. The van der Waals surface area contributed by atoms with Gasteiger partial charge >= 0.3 is 0 Å². The summed E-state index contributed by atoms with van der Waals surface area (Å²) in [5, 5.41) is 5.21. The molecule has 0 heterocycles. The van der Waals surface area contributed by atoms with Crippen molar-refractivity contribution in [2.24, 2.45) is 10.9 Å². The minimum absolute atomic E-state index is 0.0306. The van der Waals surface area contributed by atoms with Gasteiger partial charge in [-0.25, -0.2) is 13.6 Å². The molecule has 0 fully saturated rings. The van der Waals surface area contributed by atoms with Crippen LogP contribution in [0.3, 0.4) is 0 Å². The van der Waals surface area contributed by atoms with Crippen molar-refractivity contribution in [3.8, 4) is 11.1 Å². The van der Waals surface area contributed by atoms with Crippen molar-refractivity contribution in [3.63, 3.8) is 0 Å². The number of sulfonamides is 1. The summed E-state index contributed by atoms with van der Waals surface area (Å²) in [4.78, 5) is 13.8. The molecule has 6 nitrogen and oxygen atoms in total. The molecule has 7 heteroatoms. The number of amides is 1. The summed E-state index contributed by atoms with van der Waals surface area (Å²) < 4.78 is 23.2. The fourth-order valence-electron chi connectivity index (χ4n) is 2.53. The van der Waals surface area contributed by atoms with Crippen LogP contribution in [0, 0.1) is 0 Å². The van der Waals surface area contributed by atoms with Crippen molar-refractivity contribution >= 4 is 15.9 Å². The fourth-order valence-corrected chi connectivity index (χ4v) is 3.09. The second kappa shape index (κ2) is 7.12. The van der Waals surface area contributed by atoms with Crippen LogP contribution in [-0.2, 0) is 16.4 Å². The number of hydrogen-bond donors (Lipinski definition) is 2. The van der Waals surface area contributed by atoms with Crippen LogP contribution in [-0.4, -0.2) is 39.9 Å². The van der Waals surface area contributed by atoms with Crippen molar-refractivity contribution in [1.82, 2.24) is 4.90 Å². The van der Waals surface area contributed by atoms with E-state index in [4.69, 9.17) is 10.9 Å². The van der Waals surface area contributed by atoms with Crippen molar-refractivity contribution < 1.29 is 13.2 Å². The van der Waals surface area contributed by atoms with Crippen LogP contribution in [0.5, 0.6) is 0 Å². The van der Waals surface area contributed by atoms with Gasteiger partial charge in [-0.2, -0.15) is 0 Å². The van der Waals surface area contributed by atoms with E-state index in [0.29, 0.717) is 17.5 Å². The van der Waals surface area contributed by atoms with E-state index in [1.54, 1.807) is 24.3 Å². The number of nitrogens with zero attached hydrogens (tertiary/aromatic N) is 1. The first kappa shape index (κ1) is 18.1. The molecule has 0 spiro atoms. The Morgan fingerprint density at radius 1 is 1.12 bits per heavy atom. The summed E-state index contributed by atoms with van der Waals surface area (Å²) in [5.74, 6) is -0.506. The maximum Gasteiger partial charge on any atom is 0.248 e. The lowest BCUT2D eigenvalue weighted by molar-refractivity contribution is 0.0999. The average Bonchev–Trinajstić information content (AvgIpc) is 2.51. The molecule has 2 rings (SSSR count). The zero-order valence-corrected chi connectivity index (χ0v) is 14.5. The Morgan fingerprint density at radius 2 is 1.79 bits per heavy atom. The van der Waals surface area contributed by atoms with Crippen LogP contribution in [0.25, 0.3) is 11.1 Å². The Hall–Kier alpha value is -2.22. The summed E-state index contributed by atoms with van der Waals surface area (Å²) in [6.45, 7) is 0.728. The smallest absolute Gasteiger partial charge is 0.248 e. The van der Waals surface area contributed by atoms with E-state index < -0.39 is 15.9 Å². The summed E-state index contributed by atoms with van der Waals surface area (Å²) in [7, 11) is 0.0791. The quantitative estimate of drug-likeness (QED) is 0.819. The van der Waals surface area contributed by atoms with Crippen LogP contribution in [0.2, 0.25) is 0 Å². The lowest BCUT2D eigenvalue weighted by Gasteiger charge is -2.16. The van der Waals surface area contributed by atoms with E-state index in [1.807, 2.05) is 25.1 Å². The second-order valence-corrected chi connectivity index (χ2v) is 7.38. The number of hydrogen-bond acceptors (Lipinski definition) is 4. The molecule has 4 N–H and O–H groups in total. The van der Waals surface area contributed by atoms with Gasteiger partial charge in [0.25, 0.3) is 0 Å². The molecule has 0 bridgehead atoms. The molecule has 2 aromatic rings. The van der Waals surface area contributed by atoms with E-state index in [0.717, 1.165) is 17.7 Å². The van der Waals surface area contributed by atoms with Crippen LogP contribution in [0.1, 0.15) is 15.9 Å². The summed E-state index contributed by atoms with van der Waals surface area (Å²) >= 11 is 0. The fraction of sp³-hybridized carbons (Fsp3) is 0.235. The minimum Gasteiger partial charge on any atom is -0.366 e. The zero-order valence-electron chi connectivity index (χ0n) is 13.7. The third kappa shape index (κ3) is 4.19. The molecular weight excluding hydrogens is 326 g/mol. The first-order chi connectivity index (χ1) is 11.2. The van der Waals surface area contributed by atoms with Gasteiger partial charge in [0.2, 0.25) is 15.9 Å². The van der Waals surface area contributed by atoms with Crippen molar-refractivity contribution in [1.29, 1.82) is 0 Å². The highest BCUT2D eigenvalue weighted by molar-refractivity contribution is 7.89. The normalized spacial score (nSPS) is 11.7. The molecule has 0 aliphatic heterocycles. The Labute approximate surface area is 142 Å². The highest BCUT2D eigenvalue weighted by Gasteiger charge is 2.16. The molecule has 2 aromatic carbocycles. The maximum atomic E-state index is 11.8. The van der Waals surface area contributed by atoms with Gasteiger partial charge in [0.1, 0.15) is 0 Å². The number of rotatable bonds is 6. The molecule has 128 valence electrons. The lowest BCUT2D eigenvalue weighted by atomic mass is 9.93. The van der Waals surface area contributed by atoms with Crippen molar-refractivity contribution in [2.45, 2.75) is 11.3 Å². The van der Waals surface area contributed by atoms with Crippen LogP contribution in [0.4, 0.5) is 0 Å². The summed E-state index contributed by atoms with van der Waals surface area (Å²) in [5.41, 5.74) is 8.19. The first-order valence-electron chi connectivity index (χ1n) is 7.40. The van der Waals surface area contributed by atoms with Gasteiger partial charge in [-0.05, 0) is 55.4 Å². The molecule has 1 amide bonds. The number of benzene rings is 2. The van der Waals surface area contributed by atoms with E-state index >= 15 is 0 Å². The highest BCUT2D eigenvalue weighted by Crippen LogP contribution is 2.28. The largest absolute Gasteiger partial charge is 0.366 e. The van der Waals surface area contributed by atoms with Crippen molar-refractivity contribution in [2.75, 3.05) is 20.6 Å². The van der Waals surface area contributed by atoms with E-state index in [1.165, 1.54) is 12.1 Å². The van der Waals surface area contributed by atoms with Gasteiger partial charge in [-0.3, -0.25) is 4.79 Å². The molecule has 0 saturated carbocycles. The summed E-state index contributed by atoms with van der Waals surface area (Å²) in [6, 6.07) is 11.6. The molecule has 0 aliphatic carbocycles. The third-order valence-corrected chi connectivity index (χ3v) is 4.64. The predicted octanol–water partition coefficient (Wildman–Crippen LogP) is 1.20. The molecule has 0 unspecified atom stereocenters. The van der Waals surface area contributed by atoms with Crippen LogP contribution in [0.15, 0.2) is 47.4 Å². The van der Waals surface area contributed by atoms with Gasteiger partial charge < -0.3 is 10.6 Å². The Balaban J connectivity index is 2.61. The number of carbonyl (C=O) groups excluding carboxylic acids is 1. The molecule has 24 heavy (non-hydrogen) atoms. The molecule has 0 aliphatic rings. The number of nitrogens with two attached hydrogens (primary N) is 2. The monoisotopic (exact) mass is 347 g/mol. The van der Waals surface area contributed by atoms with Crippen molar-refractivity contribution in [3.05, 3.63) is 53.6 Å². The van der Waals surface area contributed by atoms with Gasteiger partial charge in [0, 0.05) is 12.1 Å². The molecule has 0 saturated heterocycles. The number of primary sulfonamides is 1. The van der Waals surface area contributed by atoms with E-state index in [9.17, 15) is 13.2 Å². The topological polar surface area (TPSA) is 106 Å². The first-order valence-corrected chi connectivity index (χ1v) is 8.94. The van der Waals surface area contributed by atoms with Crippen LogP contribution >= 0.6 is 0 Å². The van der Waals surface area contributed by atoms with Gasteiger partial charge in [-0.15, -0.1) is 0 Å². The SMILES string of the molecule is CN(C)CCc1c(C(N)=O)cccc1-c1cccc(S(N)(=O)=O)c1. The Bertz CT molecular complexity index is 861. The Kier molecular flexibility index (Phi) is 5.38. The molecule has 0 aromatic heterocycles. The number of carbonyl (C=O) groups is 1. The van der Waals surface area contributed by atoms with Gasteiger partial charge in [0.15, 0.2) is 0 Å². The molecule has 0 radical (unpaired) electrons. The van der Waals surface area contributed by atoms with E-state index in [2.05, 4.69) is 0 Å². The molecule has 0 atom stereocenters. The maximum absolute atomic E-state index is 11.8. The average molecular weight is 347 g/mol.